The minimum atomic E-state index is -0.587. The maximum absolute atomic E-state index is 14.8. The molecule has 2 aliphatic heterocycles. The van der Waals surface area contributed by atoms with E-state index in [4.69, 9.17) is 0 Å². The second-order valence-electron chi connectivity index (χ2n) is 9.88. The third-order valence-corrected chi connectivity index (χ3v) is 6.30. The van der Waals surface area contributed by atoms with Crippen LogP contribution in [0.2, 0.25) is 0 Å². The summed E-state index contributed by atoms with van der Waals surface area (Å²) in [5.41, 5.74) is 1.64. The molecule has 0 atom stereocenters. The lowest BCUT2D eigenvalue weighted by Gasteiger charge is -2.33. The Morgan fingerprint density at radius 3 is 2.68 bits per heavy atom. The first-order chi connectivity index (χ1) is 16.2. The number of halogens is 1. The van der Waals surface area contributed by atoms with Crippen LogP contribution in [0.15, 0.2) is 30.3 Å². The van der Waals surface area contributed by atoms with Gasteiger partial charge in [0.2, 0.25) is 5.91 Å². The SMILES string of the molecule is CC(C)(C)C(=O)N1CCc2cc(F)c(C(=O)Nc3cccc(-c4nnc5n4CCC5)n3)cc2C1. The largest absolute Gasteiger partial charge is 0.338 e. The number of carbonyl (C=O) groups excluding carboxylic acids is 2. The fourth-order valence-corrected chi connectivity index (χ4v) is 4.55. The molecular formula is C25H27FN6O2. The molecule has 0 unspecified atom stereocenters. The zero-order chi connectivity index (χ0) is 24.0. The van der Waals surface area contributed by atoms with E-state index in [0.717, 1.165) is 36.3 Å². The molecule has 0 bridgehead atoms. The minimum absolute atomic E-state index is 0.0365. The van der Waals surface area contributed by atoms with Crippen molar-refractivity contribution >= 4 is 17.6 Å². The Hall–Kier alpha value is -3.62. The van der Waals surface area contributed by atoms with Crippen molar-refractivity contribution in [2.75, 3.05) is 11.9 Å². The molecule has 8 nitrogen and oxygen atoms in total. The first-order valence-electron chi connectivity index (χ1n) is 11.5. The summed E-state index contributed by atoms with van der Waals surface area (Å²) in [6, 6.07) is 8.20. The van der Waals surface area contributed by atoms with Gasteiger partial charge in [0.1, 0.15) is 23.2 Å². The molecule has 3 aromatic rings. The Morgan fingerprint density at radius 2 is 1.88 bits per heavy atom. The molecule has 1 aromatic carbocycles. The van der Waals surface area contributed by atoms with E-state index in [2.05, 4.69) is 20.5 Å². The summed E-state index contributed by atoms with van der Waals surface area (Å²) in [6.07, 6.45) is 2.46. The average molecular weight is 463 g/mol. The van der Waals surface area contributed by atoms with E-state index in [1.807, 2.05) is 31.4 Å². The Kier molecular flexibility index (Phi) is 5.42. The number of pyridine rings is 1. The number of aryl methyl sites for hydroxylation is 1. The molecule has 0 spiro atoms. The number of amides is 2. The van der Waals surface area contributed by atoms with Gasteiger partial charge in [-0.25, -0.2) is 9.37 Å². The van der Waals surface area contributed by atoms with E-state index in [0.29, 0.717) is 36.8 Å². The van der Waals surface area contributed by atoms with E-state index in [1.165, 1.54) is 6.07 Å². The summed E-state index contributed by atoms with van der Waals surface area (Å²) >= 11 is 0. The molecule has 0 fully saturated rings. The number of benzene rings is 1. The molecule has 5 rings (SSSR count). The van der Waals surface area contributed by atoms with Crippen LogP contribution in [-0.2, 0) is 30.7 Å². The number of carbonyl (C=O) groups is 2. The maximum atomic E-state index is 14.8. The molecular weight excluding hydrogens is 435 g/mol. The van der Waals surface area contributed by atoms with E-state index in [1.54, 1.807) is 23.1 Å². The number of nitrogens with zero attached hydrogens (tertiary/aromatic N) is 5. The van der Waals surface area contributed by atoms with Crippen LogP contribution in [0.1, 0.15) is 54.5 Å². The van der Waals surface area contributed by atoms with Crippen molar-refractivity contribution in [1.29, 1.82) is 0 Å². The van der Waals surface area contributed by atoms with Crippen LogP contribution in [0.25, 0.3) is 11.5 Å². The average Bonchev–Trinajstić information content (AvgIpc) is 3.41. The van der Waals surface area contributed by atoms with Gasteiger partial charge >= 0.3 is 0 Å². The molecule has 176 valence electrons. The molecule has 2 aliphatic rings. The van der Waals surface area contributed by atoms with Crippen LogP contribution in [0.5, 0.6) is 0 Å². The van der Waals surface area contributed by atoms with Gasteiger partial charge in [-0.1, -0.05) is 26.8 Å². The van der Waals surface area contributed by atoms with Gasteiger partial charge in [-0.15, -0.1) is 10.2 Å². The highest BCUT2D eigenvalue weighted by Gasteiger charge is 2.30. The number of fused-ring (bicyclic) bond motifs is 2. The zero-order valence-corrected chi connectivity index (χ0v) is 19.6. The molecule has 0 saturated carbocycles. The summed E-state index contributed by atoms with van der Waals surface area (Å²) < 4.78 is 16.9. The van der Waals surface area contributed by atoms with Crippen molar-refractivity contribution in [3.63, 3.8) is 0 Å². The van der Waals surface area contributed by atoms with Gasteiger partial charge in [-0.05, 0) is 48.2 Å². The third-order valence-electron chi connectivity index (χ3n) is 6.30. The van der Waals surface area contributed by atoms with Crippen LogP contribution >= 0.6 is 0 Å². The first-order valence-corrected chi connectivity index (χ1v) is 11.5. The van der Waals surface area contributed by atoms with Crippen LogP contribution in [0.4, 0.5) is 10.2 Å². The van der Waals surface area contributed by atoms with Gasteiger partial charge < -0.3 is 14.8 Å². The van der Waals surface area contributed by atoms with Crippen molar-refractivity contribution in [2.24, 2.45) is 5.41 Å². The van der Waals surface area contributed by atoms with Gasteiger partial charge in [-0.3, -0.25) is 9.59 Å². The number of anilines is 1. The molecule has 2 amide bonds. The predicted octanol–water partition coefficient (Wildman–Crippen LogP) is 3.61. The highest BCUT2D eigenvalue weighted by molar-refractivity contribution is 6.04. The Labute approximate surface area is 197 Å². The highest BCUT2D eigenvalue weighted by atomic mass is 19.1. The summed E-state index contributed by atoms with van der Waals surface area (Å²) in [6.45, 7) is 7.37. The topological polar surface area (TPSA) is 93.0 Å². The highest BCUT2D eigenvalue weighted by Crippen LogP contribution is 2.27. The van der Waals surface area contributed by atoms with Gasteiger partial charge in [0.25, 0.3) is 5.91 Å². The van der Waals surface area contributed by atoms with Crippen LogP contribution in [0, 0.1) is 11.2 Å². The fraction of sp³-hybridized carbons (Fsp3) is 0.400. The molecule has 34 heavy (non-hydrogen) atoms. The van der Waals surface area contributed by atoms with Crippen molar-refractivity contribution < 1.29 is 14.0 Å². The molecule has 0 aliphatic carbocycles. The molecule has 2 aromatic heterocycles. The Morgan fingerprint density at radius 1 is 1.06 bits per heavy atom. The summed E-state index contributed by atoms with van der Waals surface area (Å²) in [5.74, 6) is 0.761. The van der Waals surface area contributed by atoms with Gasteiger partial charge in [0, 0.05) is 31.5 Å². The monoisotopic (exact) mass is 462 g/mol. The number of rotatable bonds is 3. The molecule has 4 heterocycles. The van der Waals surface area contributed by atoms with Crippen LogP contribution < -0.4 is 5.32 Å². The van der Waals surface area contributed by atoms with E-state index in [9.17, 15) is 14.0 Å². The Balaban J connectivity index is 1.37. The molecule has 0 radical (unpaired) electrons. The number of aromatic nitrogens is 4. The summed E-state index contributed by atoms with van der Waals surface area (Å²) in [7, 11) is 0. The van der Waals surface area contributed by atoms with Gasteiger partial charge in [0.15, 0.2) is 5.82 Å². The van der Waals surface area contributed by atoms with E-state index < -0.39 is 17.1 Å². The number of nitrogens with one attached hydrogen (secondary N) is 1. The van der Waals surface area contributed by atoms with Gasteiger partial charge in [0.05, 0.1) is 5.56 Å². The number of hydrogen-bond acceptors (Lipinski definition) is 5. The van der Waals surface area contributed by atoms with Crippen molar-refractivity contribution in [2.45, 2.75) is 53.1 Å². The zero-order valence-electron chi connectivity index (χ0n) is 19.6. The quantitative estimate of drug-likeness (QED) is 0.642. The Bertz CT molecular complexity index is 1290. The third kappa shape index (κ3) is 4.06. The molecule has 1 N–H and O–H groups in total. The lowest BCUT2D eigenvalue weighted by molar-refractivity contribution is -0.140. The smallest absolute Gasteiger partial charge is 0.259 e. The number of hydrogen-bond donors (Lipinski definition) is 1. The second kappa shape index (κ2) is 8.30. The first kappa shape index (κ1) is 22.2. The maximum Gasteiger partial charge on any atom is 0.259 e. The van der Waals surface area contributed by atoms with Crippen molar-refractivity contribution in [3.05, 3.63) is 58.7 Å². The molecule has 9 heteroatoms. The normalized spacial score (nSPS) is 15.1. The second-order valence-corrected chi connectivity index (χ2v) is 9.88. The van der Waals surface area contributed by atoms with Crippen molar-refractivity contribution in [3.8, 4) is 11.5 Å². The van der Waals surface area contributed by atoms with Gasteiger partial charge in [-0.2, -0.15) is 0 Å². The lowest BCUT2D eigenvalue weighted by Crippen LogP contribution is -2.42. The minimum Gasteiger partial charge on any atom is -0.338 e. The van der Waals surface area contributed by atoms with Crippen molar-refractivity contribution in [1.82, 2.24) is 24.6 Å². The van der Waals surface area contributed by atoms with Crippen LogP contribution in [-0.4, -0.2) is 43.0 Å². The standard InChI is InChI=1S/C25H27FN6O2/c1-25(2,3)24(34)31-11-9-15-13-18(26)17(12-16(15)14-31)23(33)28-20-7-4-6-19(27-20)22-30-29-21-8-5-10-32(21)22/h4,6-7,12-13H,5,8-11,14H2,1-3H3,(H,27,28,33). The summed E-state index contributed by atoms with van der Waals surface area (Å²) in [5, 5.41) is 11.1. The lowest BCUT2D eigenvalue weighted by atomic mass is 9.91. The molecule has 0 saturated heterocycles. The summed E-state index contributed by atoms with van der Waals surface area (Å²) in [4.78, 5) is 32.0. The fourth-order valence-electron chi connectivity index (χ4n) is 4.55. The van der Waals surface area contributed by atoms with E-state index >= 15 is 0 Å². The predicted molar refractivity (Wildman–Crippen MR) is 125 cm³/mol. The van der Waals surface area contributed by atoms with Crippen LogP contribution in [0.3, 0.4) is 0 Å². The van der Waals surface area contributed by atoms with E-state index in [-0.39, 0.29) is 11.5 Å².